The number of ether oxygens (including phenoxy) is 5. The van der Waals surface area contributed by atoms with Crippen molar-refractivity contribution in [3.05, 3.63) is 35.9 Å². The average molecular weight is 453 g/mol. The summed E-state index contributed by atoms with van der Waals surface area (Å²) in [4.78, 5) is 46.7. The van der Waals surface area contributed by atoms with Crippen LogP contribution in [0.5, 0.6) is 0 Å². The van der Waals surface area contributed by atoms with Gasteiger partial charge in [-0.1, -0.05) is 30.3 Å². The van der Waals surface area contributed by atoms with Gasteiger partial charge in [-0.05, 0) is 5.56 Å². The largest absolute Gasteiger partial charge is 0.463 e. The highest BCUT2D eigenvalue weighted by Gasteiger charge is 2.53. The second kappa shape index (κ2) is 11.6. The van der Waals surface area contributed by atoms with Gasteiger partial charge in [-0.15, -0.1) is 0 Å². The van der Waals surface area contributed by atoms with E-state index in [1.54, 1.807) is 30.3 Å². The fraction of sp³-hybridized carbons (Fsp3) is 0.524. The van der Waals surface area contributed by atoms with Gasteiger partial charge in [0.25, 0.3) is 0 Å². The molecule has 11 nitrogen and oxygen atoms in total. The Bertz CT molecular complexity index is 814. The molecule has 0 bridgehead atoms. The van der Waals surface area contributed by atoms with Crippen LogP contribution >= 0.6 is 0 Å². The summed E-state index contributed by atoms with van der Waals surface area (Å²) in [5.74, 6) is -2.84. The van der Waals surface area contributed by atoms with Gasteiger partial charge < -0.3 is 28.9 Å². The Labute approximate surface area is 185 Å². The molecule has 176 valence electrons. The van der Waals surface area contributed by atoms with Crippen molar-refractivity contribution in [3.8, 4) is 0 Å². The molecule has 0 spiro atoms. The second-order valence-electron chi connectivity index (χ2n) is 7.17. The molecular formula is C21H27NO10. The van der Waals surface area contributed by atoms with E-state index in [1.807, 2.05) is 0 Å². The Morgan fingerprint density at radius 2 is 1.38 bits per heavy atom. The fourth-order valence-corrected chi connectivity index (χ4v) is 3.31. The molecule has 32 heavy (non-hydrogen) atoms. The molecule has 5 atom stereocenters. The fourth-order valence-electron chi connectivity index (χ4n) is 3.31. The summed E-state index contributed by atoms with van der Waals surface area (Å²) in [5, 5.41) is 11.6. The minimum absolute atomic E-state index is 0.0332. The van der Waals surface area contributed by atoms with Crippen molar-refractivity contribution in [3.63, 3.8) is 0 Å². The molecule has 2 rings (SSSR count). The zero-order chi connectivity index (χ0) is 23.8. The van der Waals surface area contributed by atoms with Crippen molar-refractivity contribution in [1.82, 2.24) is 5.06 Å². The summed E-state index contributed by atoms with van der Waals surface area (Å²) in [6.07, 6.45) is -6.44. The number of hydroxylamine groups is 2. The van der Waals surface area contributed by atoms with Crippen LogP contribution in [0.3, 0.4) is 0 Å². The smallest absolute Gasteiger partial charge is 0.303 e. The molecule has 1 aromatic rings. The van der Waals surface area contributed by atoms with Crippen LogP contribution in [0, 0.1) is 0 Å². The predicted octanol–water partition coefficient (Wildman–Crippen LogP) is 0.961. The third-order valence-electron chi connectivity index (χ3n) is 4.45. The lowest BCUT2D eigenvalue weighted by Gasteiger charge is -2.46. The van der Waals surface area contributed by atoms with Crippen molar-refractivity contribution < 1.29 is 48.1 Å². The number of hydrogen-bond acceptors (Lipinski definition) is 11. The molecule has 1 aliphatic rings. The number of hydrogen-bond donors (Lipinski definition) is 1. The number of carbonyl (C=O) groups is 4. The number of carbonyl (C=O) groups excluding carboxylic acids is 4. The Morgan fingerprint density at radius 3 is 1.91 bits per heavy atom. The van der Waals surface area contributed by atoms with Crippen molar-refractivity contribution in [1.29, 1.82) is 0 Å². The maximum Gasteiger partial charge on any atom is 0.303 e. The summed E-state index contributed by atoms with van der Waals surface area (Å²) in [7, 11) is 0. The van der Waals surface area contributed by atoms with E-state index in [-0.39, 0.29) is 13.2 Å². The minimum atomic E-state index is -1.36. The van der Waals surface area contributed by atoms with Gasteiger partial charge in [0.15, 0.2) is 24.5 Å². The highest BCUT2D eigenvalue weighted by Crippen LogP contribution is 2.31. The zero-order valence-corrected chi connectivity index (χ0v) is 18.3. The van der Waals surface area contributed by atoms with Crippen LogP contribution in [0.2, 0.25) is 0 Å². The lowest BCUT2D eigenvalue weighted by molar-refractivity contribution is -0.327. The van der Waals surface area contributed by atoms with Gasteiger partial charge in [0.2, 0.25) is 0 Å². The molecule has 1 heterocycles. The molecule has 1 N–H and O–H groups in total. The van der Waals surface area contributed by atoms with E-state index in [9.17, 15) is 24.4 Å². The molecule has 0 amide bonds. The minimum Gasteiger partial charge on any atom is -0.463 e. The van der Waals surface area contributed by atoms with Gasteiger partial charge in [0.05, 0.1) is 6.54 Å². The molecule has 1 fully saturated rings. The van der Waals surface area contributed by atoms with Gasteiger partial charge >= 0.3 is 23.9 Å². The summed E-state index contributed by atoms with van der Waals surface area (Å²) in [6.45, 7) is 4.17. The van der Waals surface area contributed by atoms with E-state index >= 15 is 0 Å². The van der Waals surface area contributed by atoms with E-state index in [4.69, 9.17) is 23.7 Å². The Hall–Kier alpha value is -3.02. The van der Waals surface area contributed by atoms with Crippen LogP contribution in [-0.2, 0) is 49.4 Å². The first-order valence-corrected chi connectivity index (χ1v) is 9.88. The predicted molar refractivity (Wildman–Crippen MR) is 106 cm³/mol. The monoisotopic (exact) mass is 453 g/mol. The number of nitrogens with zero attached hydrogens (tertiary/aromatic N) is 1. The molecule has 11 heteroatoms. The molecule has 1 saturated heterocycles. The molecule has 0 aromatic heterocycles. The average Bonchev–Trinajstić information content (AvgIpc) is 2.69. The molecule has 0 saturated carbocycles. The molecule has 0 radical (unpaired) electrons. The van der Waals surface area contributed by atoms with Crippen LogP contribution in [0.1, 0.15) is 33.3 Å². The van der Waals surface area contributed by atoms with Crippen LogP contribution in [0.4, 0.5) is 0 Å². The van der Waals surface area contributed by atoms with Crippen LogP contribution in [0.25, 0.3) is 0 Å². The summed E-state index contributed by atoms with van der Waals surface area (Å²) in [5.41, 5.74) is 0.711. The highest BCUT2D eigenvalue weighted by molar-refractivity contribution is 5.68. The van der Waals surface area contributed by atoms with Crippen molar-refractivity contribution in [2.24, 2.45) is 0 Å². The lowest BCUT2D eigenvalue weighted by Crippen LogP contribution is -2.65. The number of rotatable bonds is 8. The quantitative estimate of drug-likeness (QED) is 0.342. The first-order valence-electron chi connectivity index (χ1n) is 9.88. The first kappa shape index (κ1) is 25.2. The first-order chi connectivity index (χ1) is 15.1. The van der Waals surface area contributed by atoms with Crippen LogP contribution in [0.15, 0.2) is 30.3 Å². The van der Waals surface area contributed by atoms with Crippen molar-refractivity contribution in [2.45, 2.75) is 64.9 Å². The van der Waals surface area contributed by atoms with Crippen molar-refractivity contribution >= 4 is 23.9 Å². The lowest BCUT2D eigenvalue weighted by atomic mass is 9.97. The molecule has 5 unspecified atom stereocenters. The van der Waals surface area contributed by atoms with E-state index in [0.29, 0.717) is 5.56 Å². The zero-order valence-electron chi connectivity index (χ0n) is 18.3. The topological polar surface area (TPSA) is 138 Å². The standard InChI is InChI=1S/C21H27NO10/c1-12(23)28-11-17-18(29-13(2)24)19(30-14(3)25)20(31-15(4)26)21(32-17)22(27)10-16-8-6-5-7-9-16/h5-9,17-21,27H,10-11H2,1-4H3. The van der Waals surface area contributed by atoms with E-state index in [2.05, 4.69) is 0 Å². The molecular weight excluding hydrogens is 426 g/mol. The van der Waals surface area contributed by atoms with Gasteiger partial charge in [-0.25, -0.2) is 0 Å². The van der Waals surface area contributed by atoms with Gasteiger partial charge in [0.1, 0.15) is 12.7 Å². The van der Waals surface area contributed by atoms with E-state index < -0.39 is 54.5 Å². The molecule has 1 aromatic carbocycles. The molecule has 0 aliphatic carbocycles. The van der Waals surface area contributed by atoms with Crippen molar-refractivity contribution in [2.75, 3.05) is 6.61 Å². The summed E-state index contributed by atoms with van der Waals surface area (Å²) < 4.78 is 26.8. The molecule has 1 aliphatic heterocycles. The summed E-state index contributed by atoms with van der Waals surface area (Å²) >= 11 is 0. The Kier molecular flexibility index (Phi) is 9.12. The number of benzene rings is 1. The SMILES string of the molecule is CC(=O)OCC1OC(N(O)Cc2ccccc2)C(OC(C)=O)C(OC(C)=O)C1OC(C)=O. The Morgan fingerprint density at radius 1 is 0.844 bits per heavy atom. The normalized spacial score (nSPS) is 25.0. The maximum absolute atomic E-state index is 11.8. The van der Waals surface area contributed by atoms with Gasteiger partial charge in [0, 0.05) is 27.7 Å². The Balaban J connectivity index is 2.43. The van der Waals surface area contributed by atoms with E-state index in [0.717, 1.165) is 25.8 Å². The maximum atomic E-state index is 11.8. The van der Waals surface area contributed by atoms with Gasteiger partial charge in [-0.3, -0.25) is 19.2 Å². The third-order valence-corrected chi connectivity index (χ3v) is 4.45. The van der Waals surface area contributed by atoms with Crippen LogP contribution < -0.4 is 0 Å². The highest BCUT2D eigenvalue weighted by atomic mass is 16.7. The van der Waals surface area contributed by atoms with Gasteiger partial charge in [-0.2, -0.15) is 5.06 Å². The van der Waals surface area contributed by atoms with Crippen LogP contribution in [-0.4, -0.2) is 71.4 Å². The second-order valence-corrected chi connectivity index (χ2v) is 7.17. The third kappa shape index (κ3) is 7.29. The van der Waals surface area contributed by atoms with E-state index in [1.165, 1.54) is 6.92 Å². The number of esters is 4. The summed E-state index contributed by atoms with van der Waals surface area (Å²) in [6, 6.07) is 8.87.